The van der Waals surface area contributed by atoms with Gasteiger partial charge in [-0.1, -0.05) is 54.1 Å². The number of nitrogens with zero attached hydrogens (tertiary/aromatic N) is 1. The molecule has 0 aliphatic carbocycles. The van der Waals surface area contributed by atoms with E-state index in [1.54, 1.807) is 5.56 Å². The number of fused-ring (bicyclic) bond motifs is 1. The molecule has 0 amide bonds. The molecule has 2 aromatic carbocycles. The van der Waals surface area contributed by atoms with Gasteiger partial charge >= 0.3 is 0 Å². The van der Waals surface area contributed by atoms with Gasteiger partial charge < -0.3 is 4.90 Å². The Labute approximate surface area is 139 Å². The third-order valence-electron chi connectivity index (χ3n) is 5.50. The summed E-state index contributed by atoms with van der Waals surface area (Å²) < 4.78 is 0. The van der Waals surface area contributed by atoms with Gasteiger partial charge in [0.05, 0.1) is 0 Å². The molecule has 2 aliphatic heterocycles. The molecule has 0 spiro atoms. The predicted molar refractivity (Wildman–Crippen MR) is 97.5 cm³/mol. The zero-order valence-corrected chi connectivity index (χ0v) is 14.3. The molecule has 2 atom stereocenters. The van der Waals surface area contributed by atoms with Crippen LogP contribution in [0.2, 0.25) is 0 Å². The molecule has 4 rings (SSSR count). The number of aryl methyl sites for hydroxylation is 3. The van der Waals surface area contributed by atoms with Gasteiger partial charge in [0.15, 0.2) is 0 Å². The summed E-state index contributed by atoms with van der Waals surface area (Å²) in [5, 5.41) is 0. The summed E-state index contributed by atoms with van der Waals surface area (Å²) in [5.41, 5.74) is 8.63. The molecule has 1 nitrogen and oxygen atoms in total. The summed E-state index contributed by atoms with van der Waals surface area (Å²) in [7, 11) is 0. The fraction of sp³-hybridized carbons (Fsp3) is 0.364. The number of benzene rings is 2. The van der Waals surface area contributed by atoms with Gasteiger partial charge in [-0.25, -0.2) is 0 Å². The van der Waals surface area contributed by atoms with E-state index < -0.39 is 0 Å². The third-order valence-corrected chi connectivity index (χ3v) is 5.50. The average Bonchev–Trinajstić information content (AvgIpc) is 3.10. The van der Waals surface area contributed by atoms with Crippen LogP contribution in [-0.2, 0) is 0 Å². The zero-order chi connectivity index (χ0) is 16.0. The molecule has 118 valence electrons. The van der Waals surface area contributed by atoms with Gasteiger partial charge in [0.25, 0.3) is 0 Å². The molecule has 1 fully saturated rings. The minimum atomic E-state index is 0.535. The summed E-state index contributed by atoms with van der Waals surface area (Å²) in [4.78, 5) is 2.65. The van der Waals surface area contributed by atoms with Crippen molar-refractivity contribution in [2.24, 2.45) is 0 Å². The van der Waals surface area contributed by atoms with Crippen LogP contribution in [0.5, 0.6) is 0 Å². The van der Waals surface area contributed by atoms with Crippen molar-refractivity contribution in [3.8, 4) is 0 Å². The second kappa shape index (κ2) is 5.56. The highest BCUT2D eigenvalue weighted by Gasteiger charge is 2.39. The van der Waals surface area contributed by atoms with Crippen LogP contribution in [0.1, 0.15) is 46.6 Å². The average molecular weight is 303 g/mol. The quantitative estimate of drug-likeness (QED) is 0.735. The Hall–Kier alpha value is -2.02. The molecule has 0 bridgehead atoms. The Morgan fingerprint density at radius 1 is 0.957 bits per heavy atom. The molecular formula is C22H25N. The maximum Gasteiger partial charge on any atom is 0.0409 e. The molecule has 0 radical (unpaired) electrons. The summed E-state index contributed by atoms with van der Waals surface area (Å²) in [6.45, 7) is 7.96. The van der Waals surface area contributed by atoms with Crippen LogP contribution in [0.3, 0.4) is 0 Å². The minimum absolute atomic E-state index is 0.535. The van der Waals surface area contributed by atoms with Gasteiger partial charge in [0.1, 0.15) is 0 Å². The number of hydrogen-bond donors (Lipinski definition) is 0. The molecule has 2 heterocycles. The Balaban J connectivity index is 1.82. The maximum absolute atomic E-state index is 2.65. The summed E-state index contributed by atoms with van der Waals surface area (Å²) in [6, 6.07) is 16.2. The van der Waals surface area contributed by atoms with Crippen molar-refractivity contribution in [2.75, 3.05) is 6.54 Å². The summed E-state index contributed by atoms with van der Waals surface area (Å²) in [5.74, 6) is 0.535. The van der Waals surface area contributed by atoms with Gasteiger partial charge in [0, 0.05) is 24.2 Å². The topological polar surface area (TPSA) is 3.24 Å². The van der Waals surface area contributed by atoms with Crippen molar-refractivity contribution in [1.82, 2.24) is 4.90 Å². The number of hydrogen-bond acceptors (Lipinski definition) is 1. The van der Waals surface area contributed by atoms with Gasteiger partial charge in [0.2, 0.25) is 0 Å². The lowest BCUT2D eigenvalue weighted by Gasteiger charge is -2.27. The molecule has 0 N–H and O–H groups in total. The molecular weight excluding hydrogens is 278 g/mol. The van der Waals surface area contributed by atoms with E-state index in [1.165, 1.54) is 47.3 Å². The van der Waals surface area contributed by atoms with E-state index in [-0.39, 0.29) is 0 Å². The van der Waals surface area contributed by atoms with Crippen molar-refractivity contribution in [1.29, 1.82) is 0 Å². The molecule has 0 aromatic heterocycles. The van der Waals surface area contributed by atoms with Crippen molar-refractivity contribution in [3.05, 3.63) is 76.4 Å². The van der Waals surface area contributed by atoms with E-state index in [4.69, 9.17) is 0 Å². The molecule has 2 aromatic rings. The fourth-order valence-electron chi connectivity index (χ4n) is 4.71. The molecule has 1 saturated heterocycles. The summed E-state index contributed by atoms with van der Waals surface area (Å²) >= 11 is 0. The van der Waals surface area contributed by atoms with E-state index in [0.717, 1.165) is 0 Å². The lowest BCUT2D eigenvalue weighted by Crippen LogP contribution is -2.27. The van der Waals surface area contributed by atoms with E-state index in [1.807, 2.05) is 0 Å². The summed E-state index contributed by atoms with van der Waals surface area (Å²) in [6.07, 6.45) is 5.16. The lowest BCUT2D eigenvalue weighted by atomic mass is 9.85. The second-order valence-electron chi connectivity index (χ2n) is 7.16. The largest absolute Gasteiger partial charge is 0.367 e. The highest BCUT2D eigenvalue weighted by molar-refractivity contribution is 5.69. The first kappa shape index (κ1) is 14.6. The van der Waals surface area contributed by atoms with Crippen LogP contribution < -0.4 is 0 Å². The molecule has 1 heteroatoms. The van der Waals surface area contributed by atoms with Crippen molar-refractivity contribution in [2.45, 2.75) is 45.6 Å². The Kier molecular flexibility index (Phi) is 3.52. The van der Waals surface area contributed by atoms with Crippen LogP contribution in [0.25, 0.3) is 5.70 Å². The van der Waals surface area contributed by atoms with Gasteiger partial charge in [-0.05, 0) is 55.9 Å². The van der Waals surface area contributed by atoms with Crippen molar-refractivity contribution >= 4 is 5.70 Å². The smallest absolute Gasteiger partial charge is 0.0409 e. The monoisotopic (exact) mass is 303 g/mol. The van der Waals surface area contributed by atoms with Crippen LogP contribution in [0.15, 0.2) is 48.5 Å². The minimum Gasteiger partial charge on any atom is -0.367 e. The first-order valence-electron chi connectivity index (χ1n) is 8.77. The van der Waals surface area contributed by atoms with Gasteiger partial charge in [-0.15, -0.1) is 0 Å². The standard InChI is InChI=1S/C22H25N/c1-15-12-16(2)22(17(3)13-15)19-14-21(18-8-5-4-6-9-18)23-11-7-10-20(19)23/h4-6,8-9,12-14,19-20H,7,10-11H2,1-3H3/t19-,20-/m0/s1. The Morgan fingerprint density at radius 3 is 2.35 bits per heavy atom. The van der Waals surface area contributed by atoms with Crippen LogP contribution >= 0.6 is 0 Å². The fourth-order valence-corrected chi connectivity index (χ4v) is 4.71. The molecule has 0 saturated carbocycles. The first-order valence-corrected chi connectivity index (χ1v) is 8.77. The maximum atomic E-state index is 2.65. The van der Waals surface area contributed by atoms with Crippen molar-refractivity contribution < 1.29 is 0 Å². The Morgan fingerprint density at radius 2 is 1.65 bits per heavy atom. The van der Waals surface area contributed by atoms with E-state index in [2.05, 4.69) is 74.2 Å². The van der Waals surface area contributed by atoms with Crippen LogP contribution in [-0.4, -0.2) is 17.5 Å². The second-order valence-corrected chi connectivity index (χ2v) is 7.16. The van der Waals surface area contributed by atoms with E-state index >= 15 is 0 Å². The van der Waals surface area contributed by atoms with Gasteiger partial charge in [-0.3, -0.25) is 0 Å². The molecule has 2 aliphatic rings. The first-order chi connectivity index (χ1) is 11.1. The highest BCUT2D eigenvalue weighted by Crippen LogP contribution is 2.45. The molecule has 23 heavy (non-hydrogen) atoms. The third kappa shape index (κ3) is 2.39. The molecule has 0 unspecified atom stereocenters. The normalized spacial score (nSPS) is 23.1. The predicted octanol–water partition coefficient (Wildman–Crippen LogP) is 5.21. The van der Waals surface area contributed by atoms with Gasteiger partial charge in [-0.2, -0.15) is 0 Å². The lowest BCUT2D eigenvalue weighted by molar-refractivity contribution is 0.372. The highest BCUT2D eigenvalue weighted by atomic mass is 15.2. The number of rotatable bonds is 2. The SMILES string of the molecule is Cc1cc(C)c([C@H]2C=C(c3ccccc3)N3CCC[C@@H]23)c(C)c1. The van der Waals surface area contributed by atoms with Crippen LogP contribution in [0.4, 0.5) is 0 Å². The van der Waals surface area contributed by atoms with E-state index in [0.29, 0.717) is 12.0 Å². The van der Waals surface area contributed by atoms with Crippen LogP contribution in [0, 0.1) is 20.8 Å². The van der Waals surface area contributed by atoms with Crippen molar-refractivity contribution in [3.63, 3.8) is 0 Å². The van der Waals surface area contributed by atoms with E-state index in [9.17, 15) is 0 Å². The zero-order valence-electron chi connectivity index (χ0n) is 14.3. The Bertz CT molecular complexity index is 734.